The Morgan fingerprint density at radius 3 is 0.923 bits per heavy atom. The van der Waals surface area contributed by atoms with Crippen LogP contribution in [0.5, 0.6) is 0 Å². The van der Waals surface area contributed by atoms with Crippen molar-refractivity contribution in [3.63, 3.8) is 0 Å². The highest BCUT2D eigenvalue weighted by molar-refractivity contribution is 6.88. The molecule has 156 valence electrons. The van der Waals surface area contributed by atoms with Crippen LogP contribution in [-0.4, -0.2) is 79.1 Å². The molecule has 1 saturated heterocycles. The van der Waals surface area contributed by atoms with Gasteiger partial charge in [-0.05, 0) is 6.92 Å². The van der Waals surface area contributed by atoms with E-state index in [2.05, 4.69) is 0 Å². The minimum atomic E-state index is -3.24. The second-order valence-corrected chi connectivity index (χ2v) is 20.7. The summed E-state index contributed by atoms with van der Waals surface area (Å²) in [5.41, 5.74) is 0. The van der Waals surface area contributed by atoms with Crippen molar-refractivity contribution in [1.29, 1.82) is 0 Å². The van der Waals surface area contributed by atoms with Crippen LogP contribution in [0.4, 0.5) is 0 Å². The Morgan fingerprint density at radius 2 is 0.731 bits per heavy atom. The van der Waals surface area contributed by atoms with Crippen LogP contribution < -0.4 is 0 Å². The smallest absolute Gasteiger partial charge is 0.378 e. The van der Waals surface area contributed by atoms with Crippen LogP contribution in [0.15, 0.2) is 0 Å². The van der Waals surface area contributed by atoms with Crippen molar-refractivity contribution in [2.24, 2.45) is 0 Å². The van der Waals surface area contributed by atoms with E-state index < -0.39 is 44.0 Å². The second kappa shape index (κ2) is 9.01. The van der Waals surface area contributed by atoms with Crippen LogP contribution in [0.3, 0.4) is 0 Å². The lowest BCUT2D eigenvalue weighted by atomic mass is 10.9. The normalized spacial score (nSPS) is 45.5. The molecule has 0 spiro atoms. The first-order valence-corrected chi connectivity index (χ1v) is 19.3. The second-order valence-electron chi connectivity index (χ2n) is 6.07. The van der Waals surface area contributed by atoms with E-state index in [-0.39, 0.29) is 0 Å². The summed E-state index contributed by atoms with van der Waals surface area (Å²) in [6, 6.07) is 0. The summed E-state index contributed by atoms with van der Waals surface area (Å²) >= 11 is 0. The Bertz CT molecular complexity index is 443. The minimum Gasteiger partial charge on any atom is -0.378 e. The fourth-order valence-corrected chi connectivity index (χ4v) is 22.3. The first-order valence-electron chi connectivity index (χ1n) is 8.19. The highest BCUT2D eigenvalue weighted by atomic mass is 28.6. The molecule has 10 nitrogen and oxygen atoms in total. The molecular formula is C11H32O10Si5. The highest BCUT2D eigenvalue weighted by Crippen LogP contribution is 2.32. The third kappa shape index (κ3) is 6.35. The molecule has 0 aliphatic carbocycles. The lowest BCUT2D eigenvalue weighted by molar-refractivity contribution is 0.0439. The molecule has 0 aromatic carbocycles. The van der Waals surface area contributed by atoms with Gasteiger partial charge in [0, 0.05) is 67.8 Å². The van der Waals surface area contributed by atoms with Gasteiger partial charge in [-0.2, -0.15) is 0 Å². The molecule has 0 aromatic heterocycles. The molecule has 1 rings (SSSR count). The number of rotatable bonds is 6. The van der Waals surface area contributed by atoms with Crippen molar-refractivity contribution < 1.29 is 42.7 Å². The molecule has 1 fully saturated rings. The van der Waals surface area contributed by atoms with Crippen molar-refractivity contribution in [3.8, 4) is 0 Å². The molecule has 15 heteroatoms. The summed E-state index contributed by atoms with van der Waals surface area (Å²) in [4.78, 5) is 0. The van der Waals surface area contributed by atoms with Gasteiger partial charge in [-0.25, -0.2) is 0 Å². The van der Waals surface area contributed by atoms with Gasteiger partial charge in [0.05, 0.1) is 0 Å². The first-order chi connectivity index (χ1) is 11.8. The summed E-state index contributed by atoms with van der Waals surface area (Å²) in [5.74, 6) is 0. The van der Waals surface area contributed by atoms with Gasteiger partial charge in [-0.1, -0.05) is 0 Å². The molecule has 1 aliphatic rings. The summed E-state index contributed by atoms with van der Waals surface area (Å²) < 4.78 is 59.1. The van der Waals surface area contributed by atoms with E-state index in [1.165, 1.54) is 28.4 Å². The van der Waals surface area contributed by atoms with Crippen LogP contribution in [0.25, 0.3) is 0 Å². The van der Waals surface area contributed by atoms with E-state index in [0.717, 1.165) is 0 Å². The highest BCUT2D eigenvalue weighted by Gasteiger charge is 2.62. The first kappa shape index (κ1) is 24.7. The van der Waals surface area contributed by atoms with Gasteiger partial charge in [0.2, 0.25) is 0 Å². The fourth-order valence-electron chi connectivity index (χ4n) is 2.44. The fraction of sp³-hybridized carbons (Fsp3) is 1.00. The Balaban J connectivity index is 3.46. The molecule has 0 radical (unpaired) electrons. The zero-order chi connectivity index (χ0) is 20.3. The van der Waals surface area contributed by atoms with Crippen LogP contribution in [0.1, 0.15) is 6.92 Å². The minimum absolute atomic E-state index is 0.388. The topological polar surface area (TPSA) is 92.3 Å². The van der Waals surface area contributed by atoms with Gasteiger partial charge in [0.15, 0.2) is 0 Å². The quantitative estimate of drug-likeness (QED) is 0.539. The van der Waals surface area contributed by atoms with E-state index in [9.17, 15) is 0 Å². The number of hydrogen-bond acceptors (Lipinski definition) is 10. The maximum Gasteiger partial charge on any atom is 0.482 e. The molecular weight excluding hydrogens is 433 g/mol. The van der Waals surface area contributed by atoms with Gasteiger partial charge in [0.25, 0.3) is 0 Å². The molecule has 0 bridgehead atoms. The average Bonchev–Trinajstić information content (AvgIpc) is 2.53. The van der Waals surface area contributed by atoms with Crippen LogP contribution in [-0.2, 0) is 42.7 Å². The van der Waals surface area contributed by atoms with Gasteiger partial charge >= 0.3 is 44.0 Å². The summed E-state index contributed by atoms with van der Waals surface area (Å²) in [5, 5.41) is 0. The summed E-state index contributed by atoms with van der Waals surface area (Å²) in [6.45, 7) is 11.0. The van der Waals surface area contributed by atoms with Gasteiger partial charge in [-0.3, -0.25) is 0 Å². The monoisotopic (exact) mass is 464 g/mol. The molecule has 4 atom stereocenters. The maximum absolute atomic E-state index is 6.20. The van der Waals surface area contributed by atoms with Crippen molar-refractivity contribution >= 4 is 44.0 Å². The van der Waals surface area contributed by atoms with Gasteiger partial charge in [0.1, 0.15) is 0 Å². The lowest BCUT2D eigenvalue weighted by Gasteiger charge is -2.45. The summed E-state index contributed by atoms with van der Waals surface area (Å²) in [7, 11) is -10.1. The van der Waals surface area contributed by atoms with E-state index in [0.29, 0.717) is 6.61 Å². The molecule has 0 aromatic rings. The molecule has 4 unspecified atom stereocenters. The zero-order valence-corrected chi connectivity index (χ0v) is 22.3. The van der Waals surface area contributed by atoms with Crippen LogP contribution in [0, 0.1) is 0 Å². The molecule has 1 aliphatic heterocycles. The Hall–Kier alpha value is 0.684. The Kier molecular flexibility index (Phi) is 8.56. The maximum atomic E-state index is 6.20. The predicted molar refractivity (Wildman–Crippen MR) is 103 cm³/mol. The average molecular weight is 465 g/mol. The van der Waals surface area contributed by atoms with Crippen molar-refractivity contribution in [2.75, 3.05) is 35.0 Å². The molecule has 0 amide bonds. The zero-order valence-electron chi connectivity index (χ0n) is 17.3. The molecule has 26 heavy (non-hydrogen) atoms. The van der Waals surface area contributed by atoms with Crippen molar-refractivity contribution in [2.45, 2.75) is 39.7 Å². The Morgan fingerprint density at radius 1 is 0.500 bits per heavy atom. The predicted octanol–water partition coefficient (Wildman–Crippen LogP) is 1.55. The summed E-state index contributed by atoms with van der Waals surface area (Å²) in [6.07, 6.45) is 0. The largest absolute Gasteiger partial charge is 0.482 e. The van der Waals surface area contributed by atoms with E-state index in [1.807, 2.05) is 6.92 Å². The van der Waals surface area contributed by atoms with Crippen LogP contribution in [0.2, 0.25) is 32.7 Å². The SMILES string of the molecule is CCO[Si]1(C)O[Si](C)(OC)O[Si](C)(OC)O[Si](C)(OC)O[Si](C)(OC)O1. The lowest BCUT2D eigenvalue weighted by Crippen LogP contribution is -2.70. The van der Waals surface area contributed by atoms with Crippen molar-refractivity contribution in [3.05, 3.63) is 0 Å². The van der Waals surface area contributed by atoms with Gasteiger partial charge < -0.3 is 42.7 Å². The van der Waals surface area contributed by atoms with Gasteiger partial charge in [-0.15, -0.1) is 0 Å². The van der Waals surface area contributed by atoms with E-state index in [1.54, 1.807) is 32.7 Å². The third-order valence-corrected chi connectivity index (χ3v) is 22.4. The molecule has 0 N–H and O–H groups in total. The van der Waals surface area contributed by atoms with Crippen LogP contribution >= 0.6 is 0 Å². The van der Waals surface area contributed by atoms with Crippen molar-refractivity contribution in [1.82, 2.24) is 0 Å². The van der Waals surface area contributed by atoms with E-state index in [4.69, 9.17) is 42.7 Å². The third-order valence-electron chi connectivity index (χ3n) is 3.74. The molecule has 1 heterocycles. The molecule has 0 saturated carbocycles. The van der Waals surface area contributed by atoms with E-state index >= 15 is 0 Å². The number of hydrogen-bond donors (Lipinski definition) is 0. The standard InChI is InChI=1S/C11H32O10Si5/c1-11-16-26(10)20-24(8,14-4)18-22(6,12-2)17-23(7,13-3)19-25(9,15-5)21-26/h11H2,1-10H3. The Labute approximate surface area is 161 Å².